The SMILES string of the molecule is CCC(C(=O)O)c1c(C)n(C(=O)c2ccc(Cl)cc2)c2ccc(O)c(F)c12. The van der Waals surface area contributed by atoms with Crippen molar-refractivity contribution in [1.29, 1.82) is 0 Å². The molecule has 0 bridgehead atoms. The molecule has 7 heteroatoms. The molecule has 3 aromatic rings. The molecule has 0 saturated heterocycles. The normalized spacial score (nSPS) is 12.3. The topological polar surface area (TPSA) is 79.5 Å². The van der Waals surface area contributed by atoms with Gasteiger partial charge in [-0.2, -0.15) is 0 Å². The highest BCUT2D eigenvalue weighted by Gasteiger charge is 2.30. The van der Waals surface area contributed by atoms with Gasteiger partial charge in [0.05, 0.1) is 11.4 Å². The number of nitrogens with zero attached hydrogens (tertiary/aromatic N) is 1. The number of phenolic OH excluding ortho intramolecular Hbond substituents is 1. The molecule has 1 aromatic heterocycles. The second kappa shape index (κ2) is 7.04. The van der Waals surface area contributed by atoms with E-state index in [0.29, 0.717) is 16.3 Å². The monoisotopic (exact) mass is 389 g/mol. The van der Waals surface area contributed by atoms with E-state index in [4.69, 9.17) is 11.6 Å². The number of carboxylic acid groups (broad SMARTS) is 1. The number of phenols is 1. The van der Waals surface area contributed by atoms with Gasteiger partial charge >= 0.3 is 5.97 Å². The van der Waals surface area contributed by atoms with E-state index in [2.05, 4.69) is 0 Å². The van der Waals surface area contributed by atoms with Crippen LogP contribution in [0.2, 0.25) is 5.02 Å². The highest BCUT2D eigenvalue weighted by molar-refractivity contribution is 6.30. The van der Waals surface area contributed by atoms with Gasteiger partial charge in [-0.3, -0.25) is 14.2 Å². The van der Waals surface area contributed by atoms with E-state index in [1.807, 2.05) is 0 Å². The Morgan fingerprint density at radius 2 is 1.81 bits per heavy atom. The highest BCUT2D eigenvalue weighted by atomic mass is 35.5. The molecule has 3 rings (SSSR count). The summed E-state index contributed by atoms with van der Waals surface area (Å²) >= 11 is 5.87. The number of benzene rings is 2. The number of carbonyl (C=O) groups is 2. The summed E-state index contributed by atoms with van der Waals surface area (Å²) in [4.78, 5) is 24.8. The molecule has 0 aliphatic rings. The molecule has 140 valence electrons. The standard InChI is InChI=1S/C20H17ClFNO4/c1-3-13(20(26)27)16-10(2)23(14-8-9-15(24)18(22)17(14)16)19(25)11-4-6-12(21)7-5-11/h4-9,13,24H,3H2,1-2H3,(H,26,27). The van der Waals surface area contributed by atoms with E-state index < -0.39 is 29.4 Å². The van der Waals surface area contributed by atoms with Crippen LogP contribution in [0.1, 0.15) is 40.9 Å². The first-order valence-electron chi connectivity index (χ1n) is 8.33. The number of aliphatic carboxylic acids is 1. The summed E-state index contributed by atoms with van der Waals surface area (Å²) in [7, 11) is 0. The molecule has 1 atom stereocenters. The van der Waals surface area contributed by atoms with Gasteiger partial charge in [0.2, 0.25) is 0 Å². The maximum absolute atomic E-state index is 14.7. The van der Waals surface area contributed by atoms with Gasteiger partial charge in [-0.15, -0.1) is 0 Å². The van der Waals surface area contributed by atoms with Crippen molar-refractivity contribution in [1.82, 2.24) is 4.57 Å². The van der Waals surface area contributed by atoms with E-state index in [1.54, 1.807) is 38.1 Å². The Morgan fingerprint density at radius 3 is 2.37 bits per heavy atom. The van der Waals surface area contributed by atoms with Crippen molar-refractivity contribution in [3.8, 4) is 5.75 Å². The lowest BCUT2D eigenvalue weighted by Gasteiger charge is -2.12. The van der Waals surface area contributed by atoms with Crippen molar-refractivity contribution in [2.24, 2.45) is 0 Å². The second-order valence-corrected chi connectivity index (χ2v) is 6.67. The van der Waals surface area contributed by atoms with Gasteiger partial charge in [0, 0.05) is 21.7 Å². The fourth-order valence-electron chi connectivity index (χ4n) is 3.39. The fraction of sp³-hybridized carbons (Fsp3) is 0.200. The molecule has 27 heavy (non-hydrogen) atoms. The molecular weight excluding hydrogens is 373 g/mol. The third-order valence-corrected chi connectivity index (χ3v) is 4.94. The van der Waals surface area contributed by atoms with E-state index in [-0.39, 0.29) is 22.9 Å². The Bertz CT molecular complexity index is 1060. The summed E-state index contributed by atoms with van der Waals surface area (Å²) in [6.07, 6.45) is 0.208. The van der Waals surface area contributed by atoms with E-state index in [0.717, 1.165) is 6.07 Å². The first-order valence-corrected chi connectivity index (χ1v) is 8.71. The Morgan fingerprint density at radius 1 is 1.19 bits per heavy atom. The predicted molar refractivity (Wildman–Crippen MR) is 100 cm³/mol. The zero-order valence-corrected chi connectivity index (χ0v) is 15.4. The Balaban J connectivity index is 2.36. The van der Waals surface area contributed by atoms with Crippen molar-refractivity contribution in [2.45, 2.75) is 26.2 Å². The van der Waals surface area contributed by atoms with E-state index >= 15 is 0 Å². The van der Waals surface area contributed by atoms with Crippen molar-refractivity contribution in [3.05, 3.63) is 64.1 Å². The van der Waals surface area contributed by atoms with Crippen molar-refractivity contribution >= 4 is 34.4 Å². The van der Waals surface area contributed by atoms with Crippen molar-refractivity contribution in [3.63, 3.8) is 0 Å². The molecule has 0 spiro atoms. The van der Waals surface area contributed by atoms with Crippen LogP contribution in [0, 0.1) is 12.7 Å². The molecule has 5 nitrogen and oxygen atoms in total. The van der Waals surface area contributed by atoms with Crippen LogP contribution in [0.5, 0.6) is 5.75 Å². The number of aromatic hydroxyl groups is 1. The van der Waals surface area contributed by atoms with Gasteiger partial charge in [0.1, 0.15) is 0 Å². The highest BCUT2D eigenvalue weighted by Crippen LogP contribution is 2.38. The van der Waals surface area contributed by atoms with Crippen molar-refractivity contribution < 1.29 is 24.2 Å². The van der Waals surface area contributed by atoms with Crippen LogP contribution in [0.15, 0.2) is 36.4 Å². The number of aromatic nitrogens is 1. The van der Waals surface area contributed by atoms with Gasteiger partial charge in [-0.25, -0.2) is 4.39 Å². The number of rotatable bonds is 4. The lowest BCUT2D eigenvalue weighted by molar-refractivity contribution is -0.138. The summed E-state index contributed by atoms with van der Waals surface area (Å²) in [5.74, 6) is -4.11. The number of halogens is 2. The van der Waals surface area contributed by atoms with Crippen LogP contribution >= 0.6 is 11.6 Å². The molecule has 1 unspecified atom stereocenters. The van der Waals surface area contributed by atoms with Crippen molar-refractivity contribution in [2.75, 3.05) is 0 Å². The minimum absolute atomic E-state index is 0.0518. The molecule has 0 radical (unpaired) electrons. The fourth-order valence-corrected chi connectivity index (χ4v) is 3.52. The number of hydrogen-bond donors (Lipinski definition) is 2. The first kappa shape index (κ1) is 18.9. The predicted octanol–water partition coefficient (Wildman–Crippen LogP) is 4.71. The zero-order chi connectivity index (χ0) is 19.9. The van der Waals surface area contributed by atoms with Crippen LogP contribution < -0.4 is 0 Å². The molecule has 2 aromatic carbocycles. The third-order valence-electron chi connectivity index (χ3n) is 4.68. The van der Waals surface area contributed by atoms with Gasteiger partial charge in [0.25, 0.3) is 5.91 Å². The molecule has 0 saturated carbocycles. The smallest absolute Gasteiger partial charge is 0.311 e. The van der Waals surface area contributed by atoms with E-state index in [9.17, 15) is 24.2 Å². The first-order chi connectivity index (χ1) is 12.8. The molecule has 0 fully saturated rings. The maximum atomic E-state index is 14.7. The zero-order valence-electron chi connectivity index (χ0n) is 14.7. The molecule has 2 N–H and O–H groups in total. The average molecular weight is 390 g/mol. The molecule has 0 aliphatic heterocycles. The maximum Gasteiger partial charge on any atom is 0.311 e. The Labute approximate surface area is 159 Å². The summed E-state index contributed by atoms with van der Waals surface area (Å²) in [5, 5.41) is 19.8. The minimum atomic E-state index is -1.12. The summed E-state index contributed by atoms with van der Waals surface area (Å²) in [6, 6.07) is 8.77. The van der Waals surface area contributed by atoms with Gasteiger partial charge in [-0.05, 0) is 55.3 Å². The van der Waals surface area contributed by atoms with Gasteiger partial charge in [-0.1, -0.05) is 18.5 Å². The largest absolute Gasteiger partial charge is 0.505 e. The number of carbonyl (C=O) groups excluding carboxylic acids is 1. The van der Waals surface area contributed by atoms with Gasteiger partial charge in [0.15, 0.2) is 11.6 Å². The van der Waals surface area contributed by atoms with E-state index in [1.165, 1.54) is 10.6 Å². The lowest BCUT2D eigenvalue weighted by atomic mass is 9.93. The molecular formula is C20H17ClFNO4. The Hall–Kier alpha value is -2.86. The molecule has 0 amide bonds. The summed E-state index contributed by atoms with van der Waals surface area (Å²) < 4.78 is 16.0. The van der Waals surface area contributed by atoms with Gasteiger partial charge < -0.3 is 10.2 Å². The summed E-state index contributed by atoms with van der Waals surface area (Å²) in [6.45, 7) is 3.24. The van der Waals surface area contributed by atoms with Crippen LogP contribution in [0.3, 0.4) is 0 Å². The summed E-state index contributed by atoms with van der Waals surface area (Å²) in [5.41, 5.74) is 1.04. The number of hydrogen-bond acceptors (Lipinski definition) is 3. The molecule has 1 heterocycles. The second-order valence-electron chi connectivity index (χ2n) is 6.24. The van der Waals surface area contributed by atoms with Crippen LogP contribution in [0.25, 0.3) is 10.9 Å². The average Bonchev–Trinajstić information content (AvgIpc) is 2.92. The number of fused-ring (bicyclic) bond motifs is 1. The quantitative estimate of drug-likeness (QED) is 0.677. The Kier molecular flexibility index (Phi) is 4.93. The van der Waals surface area contributed by atoms with Crippen LogP contribution in [-0.4, -0.2) is 26.7 Å². The number of carboxylic acids is 1. The minimum Gasteiger partial charge on any atom is -0.505 e. The van der Waals surface area contributed by atoms with Crippen LogP contribution in [0.4, 0.5) is 4.39 Å². The lowest BCUT2D eigenvalue weighted by Crippen LogP contribution is -2.16. The van der Waals surface area contributed by atoms with Crippen LogP contribution in [-0.2, 0) is 4.79 Å². The molecule has 0 aliphatic carbocycles. The third kappa shape index (κ3) is 3.06.